The highest BCUT2D eigenvalue weighted by Crippen LogP contribution is 2.00. The van der Waals surface area contributed by atoms with Crippen LogP contribution in [0.4, 0.5) is 4.79 Å². The molecule has 2 amide bonds. The lowest BCUT2D eigenvalue weighted by molar-refractivity contribution is -0.139. The van der Waals surface area contributed by atoms with E-state index in [-0.39, 0.29) is 0 Å². The number of methoxy groups -OCH3 is 1. The van der Waals surface area contributed by atoms with E-state index < -0.39 is 18.0 Å². The zero-order valence-corrected chi connectivity index (χ0v) is 12.8. The zero-order valence-electron chi connectivity index (χ0n) is 12.0. The van der Waals surface area contributed by atoms with Crippen LogP contribution in [0, 0.1) is 0 Å². The normalized spacial score (nSPS) is 11.9. The van der Waals surface area contributed by atoms with Gasteiger partial charge in [0.2, 0.25) is 0 Å². The van der Waals surface area contributed by atoms with E-state index in [1.807, 2.05) is 6.26 Å². The number of aliphatic carboxylic acids is 1. The van der Waals surface area contributed by atoms with E-state index in [9.17, 15) is 9.59 Å². The highest BCUT2D eigenvalue weighted by atomic mass is 32.2. The van der Waals surface area contributed by atoms with Gasteiger partial charge in [0.1, 0.15) is 6.04 Å². The molecule has 0 aromatic carbocycles. The van der Waals surface area contributed by atoms with Gasteiger partial charge in [0.05, 0.1) is 13.2 Å². The minimum atomic E-state index is -1.02. The number of amides is 2. The molecule has 0 aromatic heterocycles. The number of rotatable bonds is 12. The number of carbonyl (C=O) groups excluding carboxylic acids is 1. The molecule has 0 aromatic rings. The van der Waals surface area contributed by atoms with Gasteiger partial charge < -0.3 is 25.2 Å². The highest BCUT2D eigenvalue weighted by Gasteiger charge is 2.18. The second-order valence-electron chi connectivity index (χ2n) is 4.03. The molecule has 0 aliphatic rings. The molecule has 1 unspecified atom stereocenters. The molecule has 1 atom stereocenters. The molecule has 7 nitrogen and oxygen atoms in total. The summed E-state index contributed by atoms with van der Waals surface area (Å²) in [6.07, 6.45) is 2.96. The first-order valence-electron chi connectivity index (χ1n) is 6.44. The van der Waals surface area contributed by atoms with E-state index in [0.29, 0.717) is 45.0 Å². The van der Waals surface area contributed by atoms with Crippen LogP contribution in [-0.2, 0) is 14.3 Å². The van der Waals surface area contributed by atoms with Gasteiger partial charge in [0.15, 0.2) is 0 Å². The van der Waals surface area contributed by atoms with E-state index >= 15 is 0 Å². The van der Waals surface area contributed by atoms with Crippen molar-refractivity contribution >= 4 is 23.8 Å². The summed E-state index contributed by atoms with van der Waals surface area (Å²) in [4.78, 5) is 22.4. The molecule has 0 spiro atoms. The molecule has 0 fully saturated rings. The summed E-state index contributed by atoms with van der Waals surface area (Å²) in [5.74, 6) is -0.331. The first kappa shape index (κ1) is 19.0. The second-order valence-corrected chi connectivity index (χ2v) is 5.02. The summed E-state index contributed by atoms with van der Waals surface area (Å²) in [5, 5.41) is 14.0. The summed E-state index contributed by atoms with van der Waals surface area (Å²) in [5.41, 5.74) is 0. The van der Waals surface area contributed by atoms with Crippen LogP contribution in [0.1, 0.15) is 12.8 Å². The van der Waals surface area contributed by atoms with E-state index in [1.165, 1.54) is 0 Å². The Balaban J connectivity index is 3.66. The average molecular weight is 308 g/mol. The molecule has 0 aliphatic heterocycles. The van der Waals surface area contributed by atoms with Gasteiger partial charge in [-0.15, -0.1) is 0 Å². The van der Waals surface area contributed by atoms with Gasteiger partial charge in [-0.1, -0.05) is 0 Å². The van der Waals surface area contributed by atoms with Crippen molar-refractivity contribution in [3.8, 4) is 0 Å². The summed E-state index contributed by atoms with van der Waals surface area (Å²) >= 11 is 1.54. The van der Waals surface area contributed by atoms with Gasteiger partial charge in [0.25, 0.3) is 0 Å². The lowest BCUT2D eigenvalue weighted by atomic mass is 10.2. The molecule has 3 N–H and O–H groups in total. The monoisotopic (exact) mass is 308 g/mol. The fourth-order valence-corrected chi connectivity index (χ4v) is 1.79. The second kappa shape index (κ2) is 13.0. The van der Waals surface area contributed by atoms with Crippen LogP contribution in [0.5, 0.6) is 0 Å². The minimum absolute atomic E-state index is 0.407. The number of carbonyl (C=O) groups is 2. The van der Waals surface area contributed by atoms with Crippen LogP contribution in [0.2, 0.25) is 0 Å². The Morgan fingerprint density at radius 3 is 2.65 bits per heavy atom. The van der Waals surface area contributed by atoms with Gasteiger partial charge >= 0.3 is 12.0 Å². The van der Waals surface area contributed by atoms with E-state index in [0.717, 1.165) is 0 Å². The average Bonchev–Trinajstić information content (AvgIpc) is 2.42. The number of nitrogens with one attached hydrogen (secondary N) is 2. The van der Waals surface area contributed by atoms with Crippen molar-refractivity contribution in [2.45, 2.75) is 18.9 Å². The fraction of sp³-hybridized carbons (Fsp3) is 0.833. The van der Waals surface area contributed by atoms with Crippen LogP contribution in [0.3, 0.4) is 0 Å². The van der Waals surface area contributed by atoms with Gasteiger partial charge in [-0.2, -0.15) is 11.8 Å². The minimum Gasteiger partial charge on any atom is -0.480 e. The third-order valence-corrected chi connectivity index (χ3v) is 3.04. The van der Waals surface area contributed by atoms with Crippen LogP contribution in [0.15, 0.2) is 0 Å². The molecular formula is C12H24N2O5S. The maximum Gasteiger partial charge on any atom is 0.326 e. The molecule has 20 heavy (non-hydrogen) atoms. The van der Waals surface area contributed by atoms with E-state index in [4.69, 9.17) is 14.6 Å². The summed E-state index contributed by atoms with van der Waals surface area (Å²) in [6, 6.07) is -1.31. The van der Waals surface area contributed by atoms with Crippen LogP contribution >= 0.6 is 11.8 Å². The Morgan fingerprint density at radius 2 is 2.05 bits per heavy atom. The highest BCUT2D eigenvalue weighted by molar-refractivity contribution is 7.98. The number of carboxylic acid groups (broad SMARTS) is 1. The first-order valence-corrected chi connectivity index (χ1v) is 7.84. The number of ether oxygens (including phenoxy) is 2. The van der Waals surface area contributed by atoms with Crippen LogP contribution in [0.25, 0.3) is 0 Å². The summed E-state index contributed by atoms with van der Waals surface area (Å²) in [6.45, 7) is 2.04. The van der Waals surface area contributed by atoms with Crippen molar-refractivity contribution in [1.82, 2.24) is 10.6 Å². The molecule has 0 saturated heterocycles. The largest absolute Gasteiger partial charge is 0.480 e. The lowest BCUT2D eigenvalue weighted by Gasteiger charge is -2.14. The summed E-state index contributed by atoms with van der Waals surface area (Å²) < 4.78 is 10.1. The Hall–Kier alpha value is -0.990. The SMILES string of the molecule is COCCOCCCNC(=O)NC(CCSC)C(=O)O. The van der Waals surface area contributed by atoms with Gasteiger partial charge in [0, 0.05) is 20.3 Å². The maximum atomic E-state index is 11.5. The topological polar surface area (TPSA) is 96.9 Å². The number of hydrogen-bond donors (Lipinski definition) is 3. The molecule has 0 saturated carbocycles. The molecule has 0 heterocycles. The molecule has 0 rings (SSSR count). The Labute approximate surface area is 123 Å². The van der Waals surface area contributed by atoms with E-state index in [2.05, 4.69) is 10.6 Å². The molecular weight excluding hydrogens is 284 g/mol. The number of urea groups is 1. The smallest absolute Gasteiger partial charge is 0.326 e. The zero-order chi connectivity index (χ0) is 15.2. The van der Waals surface area contributed by atoms with Gasteiger partial charge in [-0.3, -0.25) is 0 Å². The quantitative estimate of drug-likeness (QED) is 0.455. The number of hydrogen-bond acceptors (Lipinski definition) is 5. The van der Waals surface area contributed by atoms with Crippen molar-refractivity contribution < 1.29 is 24.2 Å². The van der Waals surface area contributed by atoms with E-state index in [1.54, 1.807) is 18.9 Å². The predicted molar refractivity (Wildman–Crippen MR) is 78.3 cm³/mol. The number of thioether (sulfide) groups is 1. The van der Waals surface area contributed by atoms with Gasteiger partial charge in [-0.25, -0.2) is 9.59 Å². The molecule has 0 bridgehead atoms. The Morgan fingerprint density at radius 1 is 1.30 bits per heavy atom. The molecule has 0 aliphatic carbocycles. The fourth-order valence-electron chi connectivity index (χ4n) is 1.32. The maximum absolute atomic E-state index is 11.5. The summed E-state index contributed by atoms with van der Waals surface area (Å²) in [7, 11) is 1.60. The third-order valence-electron chi connectivity index (χ3n) is 2.40. The van der Waals surface area contributed by atoms with Crippen LogP contribution in [-0.4, -0.2) is 68.6 Å². The first-order chi connectivity index (χ1) is 9.61. The molecule has 118 valence electrons. The molecule has 8 heteroatoms. The van der Waals surface area contributed by atoms with Crippen molar-refractivity contribution in [1.29, 1.82) is 0 Å². The van der Waals surface area contributed by atoms with Gasteiger partial charge in [-0.05, 0) is 24.9 Å². The standard InChI is InChI=1S/C12H24N2O5S/c1-18-7-8-19-6-3-5-13-12(17)14-10(11(15)16)4-9-20-2/h10H,3-9H2,1-2H3,(H,15,16)(H2,13,14,17). The Kier molecular flexibility index (Phi) is 12.4. The predicted octanol–water partition coefficient (Wildman–Crippen LogP) is 0.545. The van der Waals surface area contributed by atoms with Crippen molar-refractivity contribution in [3.05, 3.63) is 0 Å². The molecule has 0 radical (unpaired) electrons. The number of carboxylic acids is 1. The van der Waals surface area contributed by atoms with Crippen molar-refractivity contribution in [2.24, 2.45) is 0 Å². The van der Waals surface area contributed by atoms with Crippen molar-refractivity contribution in [3.63, 3.8) is 0 Å². The van der Waals surface area contributed by atoms with Crippen molar-refractivity contribution in [2.75, 3.05) is 45.5 Å². The van der Waals surface area contributed by atoms with Crippen LogP contribution < -0.4 is 10.6 Å². The third kappa shape index (κ3) is 10.9. The lowest BCUT2D eigenvalue weighted by Crippen LogP contribution is -2.46. The Bertz CT molecular complexity index is 279.